The minimum absolute atomic E-state index is 0.152. The molecule has 0 aromatic carbocycles. The number of rotatable bonds is 8. The van der Waals surface area contributed by atoms with E-state index in [2.05, 4.69) is 10.1 Å². The fourth-order valence-electron chi connectivity index (χ4n) is 2.63. The first kappa shape index (κ1) is 16.0. The van der Waals surface area contributed by atoms with E-state index in [9.17, 15) is 9.59 Å². The zero-order valence-corrected chi connectivity index (χ0v) is 12.1. The van der Waals surface area contributed by atoms with Gasteiger partial charge in [-0.1, -0.05) is 25.7 Å². The third-order valence-electron chi connectivity index (χ3n) is 3.81. The van der Waals surface area contributed by atoms with Gasteiger partial charge in [0.25, 0.3) is 0 Å². The van der Waals surface area contributed by atoms with Crippen LogP contribution in [0.3, 0.4) is 0 Å². The van der Waals surface area contributed by atoms with E-state index in [0.29, 0.717) is 18.8 Å². The second kappa shape index (κ2) is 9.82. The highest BCUT2D eigenvalue weighted by Crippen LogP contribution is 2.25. The van der Waals surface area contributed by atoms with Crippen molar-refractivity contribution >= 4 is 11.9 Å². The van der Waals surface area contributed by atoms with Gasteiger partial charge in [0.05, 0.1) is 7.11 Å². The predicted octanol–water partition coefficient (Wildman–Crippen LogP) is 2.81. The molecule has 0 saturated heterocycles. The molecule has 1 rings (SSSR count). The molecule has 4 heteroatoms. The van der Waals surface area contributed by atoms with Crippen molar-refractivity contribution < 1.29 is 14.3 Å². The largest absolute Gasteiger partial charge is 0.469 e. The van der Waals surface area contributed by atoms with Crippen molar-refractivity contribution in [3.63, 3.8) is 0 Å². The molecule has 0 aromatic rings. The molecule has 0 atom stereocenters. The molecule has 0 radical (unpaired) electrons. The van der Waals surface area contributed by atoms with Crippen molar-refractivity contribution in [1.29, 1.82) is 0 Å². The molecule has 1 aliphatic carbocycles. The molecule has 1 fully saturated rings. The lowest BCUT2D eigenvalue weighted by molar-refractivity contribution is -0.140. The quantitative estimate of drug-likeness (QED) is 0.544. The highest BCUT2D eigenvalue weighted by Gasteiger charge is 2.16. The maximum Gasteiger partial charge on any atom is 0.305 e. The number of carbonyl (C=O) groups excluding carboxylic acids is 2. The number of unbranched alkanes of at least 4 members (excludes halogenated alkanes) is 2. The molecule has 110 valence electrons. The molecule has 0 bridgehead atoms. The fraction of sp³-hybridized carbons (Fsp3) is 0.867. The van der Waals surface area contributed by atoms with Crippen LogP contribution in [0.5, 0.6) is 0 Å². The summed E-state index contributed by atoms with van der Waals surface area (Å²) in [5.41, 5.74) is 0. The van der Waals surface area contributed by atoms with Crippen molar-refractivity contribution in [2.75, 3.05) is 13.7 Å². The molecule has 0 heterocycles. The first-order valence-electron chi connectivity index (χ1n) is 7.56. The smallest absolute Gasteiger partial charge is 0.305 e. The van der Waals surface area contributed by atoms with E-state index < -0.39 is 0 Å². The van der Waals surface area contributed by atoms with E-state index in [1.807, 2.05) is 0 Å². The van der Waals surface area contributed by atoms with Crippen molar-refractivity contribution in [3.8, 4) is 0 Å². The van der Waals surface area contributed by atoms with Crippen LogP contribution in [0.1, 0.15) is 64.2 Å². The van der Waals surface area contributed by atoms with Gasteiger partial charge in [0.15, 0.2) is 0 Å². The van der Waals surface area contributed by atoms with Crippen LogP contribution in [0, 0.1) is 5.92 Å². The molecule has 1 amide bonds. The average Bonchev–Trinajstić information content (AvgIpc) is 2.43. The Hall–Kier alpha value is -1.06. The summed E-state index contributed by atoms with van der Waals surface area (Å²) in [5.74, 6) is 0.647. The average molecular weight is 269 g/mol. The van der Waals surface area contributed by atoms with Gasteiger partial charge in [-0.25, -0.2) is 0 Å². The Morgan fingerprint density at radius 3 is 2.53 bits per heavy atom. The minimum atomic E-state index is -0.152. The molecular formula is C15H27NO3. The van der Waals surface area contributed by atoms with Gasteiger partial charge in [-0.05, 0) is 31.6 Å². The topological polar surface area (TPSA) is 55.4 Å². The van der Waals surface area contributed by atoms with Crippen LogP contribution in [0.4, 0.5) is 0 Å². The van der Waals surface area contributed by atoms with Crippen LogP contribution < -0.4 is 5.32 Å². The molecule has 0 aliphatic heterocycles. The second-order valence-corrected chi connectivity index (χ2v) is 5.44. The first-order chi connectivity index (χ1) is 9.22. The van der Waals surface area contributed by atoms with E-state index in [1.165, 1.54) is 39.2 Å². The number of methoxy groups -OCH3 is 1. The van der Waals surface area contributed by atoms with Crippen LogP contribution in [0.2, 0.25) is 0 Å². The molecule has 19 heavy (non-hydrogen) atoms. The number of nitrogens with one attached hydrogen (secondary N) is 1. The fourth-order valence-corrected chi connectivity index (χ4v) is 2.63. The zero-order chi connectivity index (χ0) is 13.9. The Kier molecular flexibility index (Phi) is 8.26. The summed E-state index contributed by atoms with van der Waals surface area (Å²) in [6.45, 7) is 0.729. The van der Waals surface area contributed by atoms with Crippen LogP contribution in [-0.2, 0) is 14.3 Å². The van der Waals surface area contributed by atoms with E-state index in [1.54, 1.807) is 0 Å². The van der Waals surface area contributed by atoms with Crippen molar-refractivity contribution in [2.24, 2.45) is 5.92 Å². The van der Waals surface area contributed by atoms with Gasteiger partial charge in [-0.3, -0.25) is 9.59 Å². The van der Waals surface area contributed by atoms with Gasteiger partial charge in [0, 0.05) is 19.4 Å². The van der Waals surface area contributed by atoms with Gasteiger partial charge in [-0.15, -0.1) is 0 Å². The summed E-state index contributed by atoms with van der Waals surface area (Å²) in [6.07, 6.45) is 10.2. The standard InChI is InChI=1S/C15H27NO3/c1-19-15(18)10-6-3-7-11-16-14(17)12-13-8-4-2-5-9-13/h13H,2-12H2,1H3,(H,16,17). The van der Waals surface area contributed by atoms with Crippen LogP contribution in [0.15, 0.2) is 0 Å². The van der Waals surface area contributed by atoms with E-state index in [0.717, 1.165) is 25.8 Å². The Labute approximate surface area is 116 Å². The third-order valence-corrected chi connectivity index (χ3v) is 3.81. The molecule has 1 aliphatic rings. The molecule has 0 unspecified atom stereocenters. The summed E-state index contributed by atoms with van der Waals surface area (Å²) in [6, 6.07) is 0. The van der Waals surface area contributed by atoms with Crippen molar-refractivity contribution in [3.05, 3.63) is 0 Å². The summed E-state index contributed by atoms with van der Waals surface area (Å²) >= 11 is 0. The van der Waals surface area contributed by atoms with Crippen molar-refractivity contribution in [2.45, 2.75) is 64.2 Å². The number of esters is 1. The van der Waals surface area contributed by atoms with Crippen LogP contribution in [0.25, 0.3) is 0 Å². The third kappa shape index (κ3) is 7.85. The maximum absolute atomic E-state index is 11.7. The lowest BCUT2D eigenvalue weighted by Gasteiger charge is -2.20. The molecule has 1 N–H and O–H groups in total. The number of amides is 1. The van der Waals surface area contributed by atoms with Crippen molar-refractivity contribution in [1.82, 2.24) is 5.32 Å². The SMILES string of the molecule is COC(=O)CCCCCNC(=O)CC1CCCCC1. The highest BCUT2D eigenvalue weighted by atomic mass is 16.5. The monoisotopic (exact) mass is 269 g/mol. The maximum atomic E-state index is 11.7. The minimum Gasteiger partial charge on any atom is -0.469 e. The highest BCUT2D eigenvalue weighted by molar-refractivity contribution is 5.76. The summed E-state index contributed by atoms with van der Waals surface area (Å²) in [4.78, 5) is 22.6. The molecule has 4 nitrogen and oxygen atoms in total. The zero-order valence-electron chi connectivity index (χ0n) is 12.1. The molecule has 0 aromatic heterocycles. The lowest BCUT2D eigenvalue weighted by Crippen LogP contribution is -2.27. The summed E-state index contributed by atoms with van der Waals surface area (Å²) in [5, 5.41) is 2.98. The van der Waals surface area contributed by atoms with Gasteiger partial charge < -0.3 is 10.1 Å². The Bertz CT molecular complexity index is 273. The Morgan fingerprint density at radius 1 is 1.11 bits per heavy atom. The lowest BCUT2D eigenvalue weighted by atomic mass is 9.87. The number of hydrogen-bond donors (Lipinski definition) is 1. The molecule has 0 spiro atoms. The normalized spacial score (nSPS) is 16.1. The second-order valence-electron chi connectivity index (χ2n) is 5.44. The van der Waals surface area contributed by atoms with Gasteiger partial charge in [0.2, 0.25) is 5.91 Å². The number of hydrogen-bond acceptors (Lipinski definition) is 3. The van der Waals surface area contributed by atoms with Crippen LogP contribution >= 0.6 is 0 Å². The molecular weight excluding hydrogens is 242 g/mol. The van der Waals surface area contributed by atoms with E-state index in [-0.39, 0.29) is 11.9 Å². The Morgan fingerprint density at radius 2 is 1.84 bits per heavy atom. The Balaban J connectivity index is 1.93. The van der Waals surface area contributed by atoms with Gasteiger partial charge in [0.1, 0.15) is 0 Å². The molecule has 1 saturated carbocycles. The number of ether oxygens (including phenoxy) is 1. The summed E-state index contributed by atoms with van der Waals surface area (Å²) in [7, 11) is 1.41. The summed E-state index contributed by atoms with van der Waals surface area (Å²) < 4.78 is 4.57. The van der Waals surface area contributed by atoms with Crippen LogP contribution in [-0.4, -0.2) is 25.5 Å². The van der Waals surface area contributed by atoms with Gasteiger partial charge >= 0.3 is 5.97 Å². The van der Waals surface area contributed by atoms with E-state index >= 15 is 0 Å². The predicted molar refractivity (Wildman–Crippen MR) is 74.7 cm³/mol. The van der Waals surface area contributed by atoms with E-state index in [4.69, 9.17) is 0 Å². The number of carbonyl (C=O) groups is 2. The first-order valence-corrected chi connectivity index (χ1v) is 7.56. The van der Waals surface area contributed by atoms with Gasteiger partial charge in [-0.2, -0.15) is 0 Å².